The van der Waals surface area contributed by atoms with E-state index >= 15 is 0 Å². The van der Waals surface area contributed by atoms with Gasteiger partial charge in [-0.1, -0.05) is 22.9 Å². The van der Waals surface area contributed by atoms with Crippen molar-refractivity contribution in [3.05, 3.63) is 28.2 Å². The van der Waals surface area contributed by atoms with Gasteiger partial charge in [-0.2, -0.15) is 13.2 Å². The molecule has 2 rings (SSSR count). The van der Waals surface area contributed by atoms with Gasteiger partial charge in [0.1, 0.15) is 0 Å². The third-order valence-corrected chi connectivity index (χ3v) is 4.18. The summed E-state index contributed by atoms with van der Waals surface area (Å²) in [7, 11) is 0. The van der Waals surface area contributed by atoms with Gasteiger partial charge in [-0.25, -0.2) is 0 Å². The Kier molecular flexibility index (Phi) is 4.96. The molecule has 1 aromatic rings. The summed E-state index contributed by atoms with van der Waals surface area (Å²) in [6, 6.07) is 4.81. The van der Waals surface area contributed by atoms with Gasteiger partial charge in [-0.15, -0.1) is 0 Å². The van der Waals surface area contributed by atoms with E-state index in [1.165, 1.54) is 12.1 Å². The lowest BCUT2D eigenvalue weighted by Crippen LogP contribution is -2.33. The molecule has 1 fully saturated rings. The predicted molar refractivity (Wildman–Crippen MR) is 78.1 cm³/mol. The van der Waals surface area contributed by atoms with E-state index in [4.69, 9.17) is 0 Å². The maximum atomic E-state index is 12.9. The molecule has 1 atom stereocenters. The second kappa shape index (κ2) is 6.35. The molecule has 1 N–H and O–H groups in total. The van der Waals surface area contributed by atoms with Gasteiger partial charge in [0.05, 0.1) is 5.56 Å². The van der Waals surface area contributed by atoms with E-state index in [-0.39, 0.29) is 4.47 Å². The van der Waals surface area contributed by atoms with Crippen molar-refractivity contribution in [2.45, 2.75) is 32.0 Å². The molecular formula is C14H18BrF3N2. The third kappa shape index (κ3) is 3.67. The zero-order valence-electron chi connectivity index (χ0n) is 11.3. The zero-order chi connectivity index (χ0) is 14.8. The minimum atomic E-state index is -4.32. The van der Waals surface area contributed by atoms with Crippen LogP contribution in [0.15, 0.2) is 22.7 Å². The summed E-state index contributed by atoms with van der Waals surface area (Å²) in [5, 5.41) is 3.41. The van der Waals surface area contributed by atoms with Crippen molar-refractivity contribution in [2.75, 3.05) is 24.5 Å². The highest BCUT2D eigenvalue weighted by Crippen LogP contribution is 2.37. The van der Waals surface area contributed by atoms with Gasteiger partial charge >= 0.3 is 6.18 Å². The molecule has 1 heterocycles. The lowest BCUT2D eigenvalue weighted by atomic mass is 10.2. The molecule has 1 saturated heterocycles. The van der Waals surface area contributed by atoms with E-state index in [2.05, 4.69) is 28.2 Å². The molecule has 0 aromatic heterocycles. The first-order valence-corrected chi connectivity index (χ1v) is 7.56. The van der Waals surface area contributed by atoms with Crippen LogP contribution in [-0.4, -0.2) is 25.7 Å². The van der Waals surface area contributed by atoms with E-state index in [9.17, 15) is 13.2 Å². The summed E-state index contributed by atoms with van der Waals surface area (Å²) >= 11 is 2.97. The smallest absolute Gasteiger partial charge is 0.370 e. The SMILES string of the molecule is CCCNC1CCN(c2ccc(Br)c(C(F)(F)F)c2)C1. The number of anilines is 1. The van der Waals surface area contributed by atoms with Gasteiger partial charge in [0.15, 0.2) is 0 Å². The number of rotatable bonds is 4. The highest BCUT2D eigenvalue weighted by molar-refractivity contribution is 9.10. The normalized spacial score (nSPS) is 19.6. The van der Waals surface area contributed by atoms with Crippen LogP contribution in [0.1, 0.15) is 25.3 Å². The van der Waals surface area contributed by atoms with Crippen LogP contribution in [0.3, 0.4) is 0 Å². The summed E-state index contributed by atoms with van der Waals surface area (Å²) < 4.78 is 38.8. The largest absolute Gasteiger partial charge is 0.417 e. The second-order valence-corrected chi connectivity index (χ2v) is 5.90. The summed E-state index contributed by atoms with van der Waals surface area (Å²) in [4.78, 5) is 2.01. The molecule has 20 heavy (non-hydrogen) atoms. The van der Waals surface area contributed by atoms with Crippen LogP contribution < -0.4 is 10.2 Å². The van der Waals surface area contributed by atoms with Crippen LogP contribution >= 0.6 is 15.9 Å². The van der Waals surface area contributed by atoms with Crippen molar-refractivity contribution < 1.29 is 13.2 Å². The fourth-order valence-electron chi connectivity index (χ4n) is 2.44. The molecule has 0 saturated carbocycles. The number of hydrogen-bond donors (Lipinski definition) is 1. The second-order valence-electron chi connectivity index (χ2n) is 5.05. The van der Waals surface area contributed by atoms with Gasteiger partial charge in [0.25, 0.3) is 0 Å². The van der Waals surface area contributed by atoms with Crippen molar-refractivity contribution >= 4 is 21.6 Å². The molecule has 1 aliphatic rings. The number of hydrogen-bond acceptors (Lipinski definition) is 2. The lowest BCUT2D eigenvalue weighted by molar-refractivity contribution is -0.138. The molecule has 0 spiro atoms. The number of halogens is 4. The molecule has 1 aliphatic heterocycles. The maximum Gasteiger partial charge on any atom is 0.417 e. The standard InChI is InChI=1S/C14H18BrF3N2/c1-2-6-19-10-5-7-20(9-10)11-3-4-13(15)12(8-11)14(16,17)18/h3-4,8,10,19H,2,5-7,9H2,1H3. The maximum absolute atomic E-state index is 12.9. The monoisotopic (exact) mass is 350 g/mol. The predicted octanol–water partition coefficient (Wildman–Crippen LogP) is 4.05. The number of nitrogens with one attached hydrogen (secondary N) is 1. The van der Waals surface area contributed by atoms with Gasteiger partial charge < -0.3 is 10.2 Å². The van der Waals surface area contributed by atoms with E-state index < -0.39 is 11.7 Å². The van der Waals surface area contributed by atoms with Crippen LogP contribution in [0.5, 0.6) is 0 Å². The average Bonchev–Trinajstić information content (AvgIpc) is 2.84. The van der Waals surface area contributed by atoms with Crippen molar-refractivity contribution in [1.82, 2.24) is 5.32 Å². The molecule has 0 aliphatic carbocycles. The Labute approximate surface area is 125 Å². The first-order valence-electron chi connectivity index (χ1n) is 6.77. The quantitative estimate of drug-likeness (QED) is 0.881. The summed E-state index contributed by atoms with van der Waals surface area (Å²) in [6.07, 6.45) is -2.29. The first kappa shape index (κ1) is 15.6. The first-order chi connectivity index (χ1) is 9.41. The van der Waals surface area contributed by atoms with Crippen LogP contribution in [0.25, 0.3) is 0 Å². The molecule has 6 heteroatoms. The number of benzene rings is 1. The molecule has 2 nitrogen and oxygen atoms in total. The molecule has 112 valence electrons. The van der Waals surface area contributed by atoms with Gasteiger partial charge in [0, 0.05) is 29.3 Å². The van der Waals surface area contributed by atoms with Crippen LogP contribution in [-0.2, 0) is 6.18 Å². The molecule has 0 amide bonds. The Morgan fingerprint density at radius 3 is 2.80 bits per heavy atom. The van der Waals surface area contributed by atoms with E-state index in [0.29, 0.717) is 11.7 Å². The summed E-state index contributed by atoms with van der Waals surface area (Å²) in [5.41, 5.74) is 0.0290. The van der Waals surface area contributed by atoms with Crippen molar-refractivity contribution in [3.63, 3.8) is 0 Å². The molecular weight excluding hydrogens is 333 g/mol. The third-order valence-electron chi connectivity index (χ3n) is 3.49. The van der Waals surface area contributed by atoms with Crippen molar-refractivity contribution in [3.8, 4) is 0 Å². The van der Waals surface area contributed by atoms with E-state index in [1.807, 2.05) is 4.90 Å². The molecule has 0 bridgehead atoms. The van der Waals surface area contributed by atoms with Gasteiger partial charge in [-0.05, 0) is 37.6 Å². The van der Waals surface area contributed by atoms with E-state index in [1.54, 1.807) is 6.07 Å². The highest BCUT2D eigenvalue weighted by atomic mass is 79.9. The van der Waals surface area contributed by atoms with E-state index in [0.717, 1.165) is 32.5 Å². The summed E-state index contributed by atoms with van der Waals surface area (Å²) in [5.74, 6) is 0. The number of alkyl halides is 3. The Morgan fingerprint density at radius 1 is 1.40 bits per heavy atom. The van der Waals surface area contributed by atoms with Crippen LogP contribution in [0.2, 0.25) is 0 Å². The molecule has 1 aromatic carbocycles. The Bertz CT molecular complexity index is 462. The zero-order valence-corrected chi connectivity index (χ0v) is 12.9. The Hall–Kier alpha value is -0.750. The van der Waals surface area contributed by atoms with Crippen LogP contribution in [0, 0.1) is 0 Å². The lowest BCUT2D eigenvalue weighted by Gasteiger charge is -2.21. The average molecular weight is 351 g/mol. The topological polar surface area (TPSA) is 15.3 Å². The van der Waals surface area contributed by atoms with Gasteiger partial charge in [0.2, 0.25) is 0 Å². The Balaban J connectivity index is 2.11. The summed E-state index contributed by atoms with van der Waals surface area (Å²) in [6.45, 7) is 4.61. The van der Waals surface area contributed by atoms with Crippen molar-refractivity contribution in [1.29, 1.82) is 0 Å². The minimum absolute atomic E-state index is 0.0913. The van der Waals surface area contributed by atoms with Crippen molar-refractivity contribution in [2.24, 2.45) is 0 Å². The molecule has 0 radical (unpaired) electrons. The Morgan fingerprint density at radius 2 is 2.15 bits per heavy atom. The highest BCUT2D eigenvalue weighted by Gasteiger charge is 2.34. The number of nitrogens with zero attached hydrogens (tertiary/aromatic N) is 1. The fraction of sp³-hybridized carbons (Fsp3) is 0.571. The fourth-order valence-corrected chi connectivity index (χ4v) is 2.91. The molecule has 1 unspecified atom stereocenters. The minimum Gasteiger partial charge on any atom is -0.370 e. The van der Waals surface area contributed by atoms with Crippen LogP contribution in [0.4, 0.5) is 18.9 Å². The van der Waals surface area contributed by atoms with Gasteiger partial charge in [-0.3, -0.25) is 0 Å².